The Bertz CT molecular complexity index is 852. The number of aryl methyl sites for hydroxylation is 2. The van der Waals surface area contributed by atoms with E-state index >= 15 is 0 Å². The number of hydrogen-bond donors (Lipinski definition) is 0. The van der Waals surface area contributed by atoms with Gasteiger partial charge in [0.15, 0.2) is 0 Å². The Balaban J connectivity index is 1.78. The molecule has 0 spiro atoms. The number of likely N-dealkylation sites (N-methyl/N-ethyl adjacent to an activating group) is 1. The van der Waals surface area contributed by atoms with Gasteiger partial charge in [-0.2, -0.15) is 5.10 Å². The van der Waals surface area contributed by atoms with Crippen LogP contribution >= 0.6 is 0 Å². The van der Waals surface area contributed by atoms with Crippen LogP contribution in [0.5, 0.6) is 0 Å². The molecular weight excluding hydrogens is 340 g/mol. The van der Waals surface area contributed by atoms with Crippen molar-refractivity contribution in [3.8, 4) is 0 Å². The molecule has 3 rings (SSSR count). The van der Waals surface area contributed by atoms with Gasteiger partial charge in [0.2, 0.25) is 5.91 Å². The number of benzene rings is 1. The Morgan fingerprint density at radius 1 is 1.30 bits per heavy atom. The van der Waals surface area contributed by atoms with Crippen molar-refractivity contribution in [2.45, 2.75) is 71.5 Å². The van der Waals surface area contributed by atoms with Gasteiger partial charge in [-0.15, -0.1) is 0 Å². The monoisotopic (exact) mass is 370 g/mol. The largest absolute Gasteiger partial charge is 0.346 e. The number of carbonyl (C=O) groups is 1. The summed E-state index contributed by atoms with van der Waals surface area (Å²) < 4.78 is 3.01. The number of unbranched alkanes of at least 4 members (excludes halogenated alkanes) is 1. The molecule has 6 nitrogen and oxygen atoms in total. The normalized spacial score (nSPS) is 16.2. The van der Waals surface area contributed by atoms with Crippen LogP contribution in [0.1, 0.15) is 62.5 Å². The van der Waals surface area contributed by atoms with Crippen molar-refractivity contribution in [3.63, 3.8) is 0 Å². The summed E-state index contributed by atoms with van der Waals surface area (Å²) >= 11 is 0. The van der Waals surface area contributed by atoms with Crippen LogP contribution in [0.3, 0.4) is 0 Å². The van der Waals surface area contributed by atoms with Crippen LogP contribution in [-0.4, -0.2) is 32.2 Å². The van der Waals surface area contributed by atoms with Gasteiger partial charge in [0.05, 0.1) is 6.04 Å². The van der Waals surface area contributed by atoms with Gasteiger partial charge in [0.25, 0.3) is 0 Å². The molecule has 27 heavy (non-hydrogen) atoms. The van der Waals surface area contributed by atoms with Crippen LogP contribution in [0.15, 0.2) is 29.1 Å². The number of aromatic nitrogens is 3. The smallest absolute Gasteiger partial charge is 0.337 e. The molecule has 1 aliphatic carbocycles. The van der Waals surface area contributed by atoms with Crippen molar-refractivity contribution >= 4 is 5.91 Å². The minimum Gasteiger partial charge on any atom is -0.337 e. The van der Waals surface area contributed by atoms with Gasteiger partial charge in [-0.05, 0) is 43.7 Å². The van der Waals surface area contributed by atoms with Gasteiger partial charge in [0.1, 0.15) is 12.4 Å². The fourth-order valence-corrected chi connectivity index (χ4v) is 3.97. The lowest BCUT2D eigenvalue weighted by atomic mass is 9.87. The highest BCUT2D eigenvalue weighted by molar-refractivity contribution is 5.76. The standard InChI is InChI=1S/C21H30N4O2/c1-4-6-14-19-22-25(21(27)24(19)5-2)15-20(26)23(3)18-13-9-11-16-10-7-8-12-17(16)18/h7-8,10,12,18H,4-6,9,11,13-15H2,1-3H3. The molecule has 1 aliphatic rings. The number of nitrogens with zero attached hydrogens (tertiary/aromatic N) is 4. The number of hydrogen-bond acceptors (Lipinski definition) is 3. The van der Waals surface area contributed by atoms with E-state index in [0.29, 0.717) is 6.54 Å². The zero-order chi connectivity index (χ0) is 19.4. The van der Waals surface area contributed by atoms with E-state index in [1.807, 2.05) is 20.0 Å². The van der Waals surface area contributed by atoms with Crippen molar-refractivity contribution in [3.05, 3.63) is 51.7 Å². The predicted molar refractivity (Wildman–Crippen MR) is 106 cm³/mol. The molecule has 0 N–H and O–H groups in total. The van der Waals surface area contributed by atoms with E-state index in [4.69, 9.17) is 0 Å². The Hall–Kier alpha value is -2.37. The first-order chi connectivity index (χ1) is 13.1. The van der Waals surface area contributed by atoms with E-state index in [9.17, 15) is 9.59 Å². The Labute approximate surface area is 160 Å². The summed E-state index contributed by atoms with van der Waals surface area (Å²) in [5.74, 6) is 0.712. The molecule has 1 atom stereocenters. The summed E-state index contributed by atoms with van der Waals surface area (Å²) in [5, 5.41) is 4.45. The van der Waals surface area contributed by atoms with Crippen molar-refractivity contribution in [1.82, 2.24) is 19.2 Å². The van der Waals surface area contributed by atoms with Crippen LogP contribution in [0.25, 0.3) is 0 Å². The van der Waals surface area contributed by atoms with E-state index < -0.39 is 0 Å². The van der Waals surface area contributed by atoms with Crippen LogP contribution < -0.4 is 5.69 Å². The number of carbonyl (C=O) groups excluding carboxylic acids is 1. The van der Waals surface area contributed by atoms with Gasteiger partial charge in [-0.3, -0.25) is 9.36 Å². The lowest BCUT2D eigenvalue weighted by Crippen LogP contribution is -2.38. The summed E-state index contributed by atoms with van der Waals surface area (Å²) in [5.41, 5.74) is 2.37. The van der Waals surface area contributed by atoms with Crippen LogP contribution in [0.4, 0.5) is 0 Å². The molecule has 1 unspecified atom stereocenters. The van der Waals surface area contributed by atoms with Crippen LogP contribution in [-0.2, 0) is 30.7 Å². The van der Waals surface area contributed by atoms with E-state index in [1.165, 1.54) is 15.8 Å². The van der Waals surface area contributed by atoms with E-state index in [1.54, 1.807) is 9.47 Å². The summed E-state index contributed by atoms with van der Waals surface area (Å²) in [6.07, 6.45) is 5.91. The second-order valence-corrected chi connectivity index (χ2v) is 7.32. The zero-order valence-electron chi connectivity index (χ0n) is 16.6. The molecule has 1 amide bonds. The molecule has 0 aliphatic heterocycles. The molecule has 2 aromatic rings. The Morgan fingerprint density at radius 2 is 2.07 bits per heavy atom. The summed E-state index contributed by atoms with van der Waals surface area (Å²) in [7, 11) is 1.84. The second kappa shape index (κ2) is 8.55. The fourth-order valence-electron chi connectivity index (χ4n) is 3.97. The maximum absolute atomic E-state index is 12.9. The highest BCUT2D eigenvalue weighted by Gasteiger charge is 2.27. The first kappa shape index (κ1) is 19.4. The summed E-state index contributed by atoms with van der Waals surface area (Å²) in [6, 6.07) is 8.42. The number of fused-ring (bicyclic) bond motifs is 1. The molecule has 0 saturated heterocycles. The minimum atomic E-state index is -0.186. The molecule has 0 saturated carbocycles. The molecule has 0 bridgehead atoms. The van der Waals surface area contributed by atoms with E-state index in [-0.39, 0.29) is 24.2 Å². The topological polar surface area (TPSA) is 60.1 Å². The molecule has 1 heterocycles. The molecule has 0 fully saturated rings. The first-order valence-electron chi connectivity index (χ1n) is 10.1. The zero-order valence-corrected chi connectivity index (χ0v) is 16.6. The molecule has 1 aromatic carbocycles. The van der Waals surface area contributed by atoms with Crippen molar-refractivity contribution in [1.29, 1.82) is 0 Å². The lowest BCUT2D eigenvalue weighted by molar-refractivity contribution is -0.133. The highest BCUT2D eigenvalue weighted by Crippen LogP contribution is 2.33. The SMILES string of the molecule is CCCCc1nn(CC(=O)N(C)C2CCCc3ccccc32)c(=O)n1CC. The van der Waals surface area contributed by atoms with Gasteiger partial charge >= 0.3 is 5.69 Å². The summed E-state index contributed by atoms with van der Waals surface area (Å²) in [6.45, 7) is 4.64. The maximum Gasteiger partial charge on any atom is 0.346 e. The number of rotatable bonds is 7. The quantitative estimate of drug-likeness (QED) is 0.753. The van der Waals surface area contributed by atoms with E-state index in [2.05, 4.69) is 30.2 Å². The fraction of sp³-hybridized carbons (Fsp3) is 0.571. The Kier molecular flexibility index (Phi) is 6.14. The molecule has 146 valence electrons. The Morgan fingerprint density at radius 3 is 2.81 bits per heavy atom. The third-order valence-electron chi connectivity index (χ3n) is 5.55. The third kappa shape index (κ3) is 3.99. The summed E-state index contributed by atoms with van der Waals surface area (Å²) in [4.78, 5) is 27.3. The third-order valence-corrected chi connectivity index (χ3v) is 5.55. The van der Waals surface area contributed by atoms with Gasteiger partial charge in [0, 0.05) is 20.0 Å². The second-order valence-electron chi connectivity index (χ2n) is 7.32. The van der Waals surface area contributed by atoms with Crippen molar-refractivity contribution in [2.75, 3.05) is 7.05 Å². The molecule has 1 aromatic heterocycles. The van der Waals surface area contributed by atoms with Crippen LogP contribution in [0, 0.1) is 0 Å². The van der Waals surface area contributed by atoms with Gasteiger partial charge in [-0.1, -0.05) is 37.6 Å². The first-order valence-corrected chi connectivity index (χ1v) is 10.1. The molecular formula is C21H30N4O2. The van der Waals surface area contributed by atoms with Gasteiger partial charge < -0.3 is 4.90 Å². The van der Waals surface area contributed by atoms with Gasteiger partial charge in [-0.25, -0.2) is 9.48 Å². The maximum atomic E-state index is 12.9. The average Bonchev–Trinajstić information content (AvgIpc) is 2.99. The van der Waals surface area contributed by atoms with E-state index in [0.717, 1.165) is 44.3 Å². The highest BCUT2D eigenvalue weighted by atomic mass is 16.2. The molecule has 6 heteroatoms. The lowest BCUT2D eigenvalue weighted by Gasteiger charge is -2.33. The van der Waals surface area contributed by atoms with Crippen LogP contribution in [0.2, 0.25) is 0 Å². The number of amides is 1. The minimum absolute atomic E-state index is 0.000124. The van der Waals surface area contributed by atoms with Crippen molar-refractivity contribution < 1.29 is 4.79 Å². The average molecular weight is 370 g/mol. The van der Waals surface area contributed by atoms with Crippen molar-refractivity contribution in [2.24, 2.45) is 0 Å². The molecule has 0 radical (unpaired) electrons. The predicted octanol–water partition coefficient (Wildman–Crippen LogP) is 2.94.